The third-order valence-electron chi connectivity index (χ3n) is 4.24. The van der Waals surface area contributed by atoms with Crippen molar-refractivity contribution in [3.63, 3.8) is 0 Å². The Labute approximate surface area is 135 Å². The number of alkyl halides is 3. The van der Waals surface area contributed by atoms with Gasteiger partial charge in [-0.15, -0.1) is 0 Å². The Morgan fingerprint density at radius 2 is 2.00 bits per heavy atom. The molecular weight excluding hydrogens is 325 g/mol. The lowest BCUT2D eigenvalue weighted by Gasteiger charge is -2.24. The molecule has 0 amide bonds. The summed E-state index contributed by atoms with van der Waals surface area (Å²) in [6, 6.07) is 7.41. The Bertz CT molecular complexity index is 729. The summed E-state index contributed by atoms with van der Waals surface area (Å²) in [4.78, 5) is 0. The van der Waals surface area contributed by atoms with Crippen LogP contribution in [0.1, 0.15) is 18.5 Å². The average molecular weight is 344 g/mol. The van der Waals surface area contributed by atoms with Crippen LogP contribution in [-0.4, -0.2) is 32.5 Å². The molecule has 0 radical (unpaired) electrons. The standard InChI is InChI=1S/C16H19F3N2OS/c1-11-9-13-14(20-12-5-7-23(22)8-6-12)3-2-4-15(13)21(11)10-16(17,18)19/h2-4,9,12,20H,5-8,10H2,1H3. The number of aromatic nitrogens is 1. The lowest BCUT2D eigenvalue weighted by atomic mass is 10.1. The van der Waals surface area contributed by atoms with Crippen molar-refractivity contribution in [2.24, 2.45) is 0 Å². The van der Waals surface area contributed by atoms with Crippen LogP contribution in [0, 0.1) is 6.92 Å². The monoisotopic (exact) mass is 344 g/mol. The lowest BCUT2D eigenvalue weighted by Crippen LogP contribution is -2.29. The van der Waals surface area contributed by atoms with Gasteiger partial charge in [0.05, 0.1) is 5.52 Å². The Kier molecular flexibility index (Phi) is 4.40. The van der Waals surface area contributed by atoms with Gasteiger partial charge in [0.15, 0.2) is 0 Å². The van der Waals surface area contributed by atoms with E-state index in [9.17, 15) is 17.4 Å². The molecule has 1 aliphatic heterocycles. The first-order chi connectivity index (χ1) is 10.8. The maximum atomic E-state index is 12.8. The van der Waals surface area contributed by atoms with Gasteiger partial charge in [0.25, 0.3) is 0 Å². The number of halogens is 3. The third-order valence-corrected chi connectivity index (χ3v) is 5.62. The summed E-state index contributed by atoms with van der Waals surface area (Å²) >= 11 is 0. The lowest BCUT2D eigenvalue weighted by molar-refractivity contribution is -0.140. The van der Waals surface area contributed by atoms with E-state index in [2.05, 4.69) is 5.32 Å². The number of fused-ring (bicyclic) bond motifs is 1. The van der Waals surface area contributed by atoms with E-state index in [1.54, 1.807) is 25.1 Å². The molecule has 0 unspecified atom stereocenters. The minimum Gasteiger partial charge on any atom is -0.382 e. The highest BCUT2D eigenvalue weighted by atomic mass is 32.2. The molecule has 0 bridgehead atoms. The fraction of sp³-hybridized carbons (Fsp3) is 0.500. The first-order valence-electron chi connectivity index (χ1n) is 7.60. The zero-order chi connectivity index (χ0) is 16.6. The molecule has 126 valence electrons. The first-order valence-corrected chi connectivity index (χ1v) is 9.09. The van der Waals surface area contributed by atoms with Crippen molar-refractivity contribution in [1.29, 1.82) is 0 Å². The first kappa shape index (κ1) is 16.4. The predicted octanol–water partition coefficient (Wildman–Crippen LogP) is 3.84. The summed E-state index contributed by atoms with van der Waals surface area (Å²) < 4.78 is 51.0. The number of rotatable bonds is 3. The largest absolute Gasteiger partial charge is 0.406 e. The van der Waals surface area contributed by atoms with Gasteiger partial charge in [0.2, 0.25) is 0 Å². The second-order valence-electron chi connectivity index (χ2n) is 5.99. The van der Waals surface area contributed by atoms with Crippen LogP contribution in [-0.2, 0) is 17.3 Å². The van der Waals surface area contributed by atoms with Gasteiger partial charge in [0.1, 0.15) is 6.54 Å². The molecule has 0 spiro atoms. The molecule has 1 aromatic carbocycles. The Balaban J connectivity index is 1.90. The Hall–Kier alpha value is -1.50. The van der Waals surface area contributed by atoms with Gasteiger partial charge >= 0.3 is 6.18 Å². The maximum absolute atomic E-state index is 12.8. The van der Waals surface area contributed by atoms with Crippen LogP contribution in [0.5, 0.6) is 0 Å². The molecule has 3 nitrogen and oxygen atoms in total. The number of hydrogen-bond acceptors (Lipinski definition) is 2. The van der Waals surface area contributed by atoms with Crippen LogP contribution in [0.25, 0.3) is 10.9 Å². The molecule has 1 aliphatic rings. The quantitative estimate of drug-likeness (QED) is 0.918. The molecule has 0 aliphatic carbocycles. The summed E-state index contributed by atoms with van der Waals surface area (Å²) in [6.07, 6.45) is -2.59. The zero-order valence-electron chi connectivity index (χ0n) is 12.8. The van der Waals surface area contributed by atoms with Gasteiger partial charge in [-0.25, -0.2) is 0 Å². The number of anilines is 1. The summed E-state index contributed by atoms with van der Waals surface area (Å²) in [6.45, 7) is 0.716. The second kappa shape index (κ2) is 6.19. The van der Waals surface area contributed by atoms with Gasteiger partial charge < -0.3 is 9.88 Å². The maximum Gasteiger partial charge on any atom is 0.406 e. The van der Waals surface area contributed by atoms with Gasteiger partial charge in [-0.05, 0) is 38.0 Å². The van der Waals surface area contributed by atoms with Crippen molar-refractivity contribution >= 4 is 27.4 Å². The highest BCUT2D eigenvalue weighted by molar-refractivity contribution is 7.85. The Morgan fingerprint density at radius 3 is 2.65 bits per heavy atom. The minimum atomic E-state index is -4.24. The van der Waals surface area contributed by atoms with E-state index in [1.807, 2.05) is 6.07 Å². The van der Waals surface area contributed by atoms with Crippen LogP contribution in [0.3, 0.4) is 0 Å². The van der Waals surface area contributed by atoms with E-state index in [4.69, 9.17) is 0 Å². The van der Waals surface area contributed by atoms with E-state index < -0.39 is 23.5 Å². The highest BCUT2D eigenvalue weighted by Gasteiger charge is 2.29. The molecule has 0 saturated carbocycles. The number of nitrogens with zero attached hydrogens (tertiary/aromatic N) is 1. The Morgan fingerprint density at radius 1 is 1.30 bits per heavy atom. The van der Waals surface area contributed by atoms with Crippen LogP contribution >= 0.6 is 0 Å². The van der Waals surface area contributed by atoms with Crippen molar-refractivity contribution in [3.8, 4) is 0 Å². The molecule has 2 heterocycles. The topological polar surface area (TPSA) is 34.0 Å². The van der Waals surface area contributed by atoms with Crippen molar-refractivity contribution in [2.45, 2.75) is 38.5 Å². The van der Waals surface area contributed by atoms with Gasteiger partial charge in [0, 0.05) is 45.1 Å². The van der Waals surface area contributed by atoms with Crippen LogP contribution in [0.2, 0.25) is 0 Å². The van der Waals surface area contributed by atoms with E-state index in [1.165, 1.54) is 4.57 Å². The SMILES string of the molecule is Cc1cc2c(NC3CCS(=O)CC3)cccc2n1CC(F)(F)F. The van der Waals surface area contributed by atoms with E-state index >= 15 is 0 Å². The molecule has 1 saturated heterocycles. The fourth-order valence-electron chi connectivity index (χ4n) is 3.09. The van der Waals surface area contributed by atoms with Crippen LogP contribution in [0.15, 0.2) is 24.3 Å². The summed E-state index contributed by atoms with van der Waals surface area (Å²) in [5, 5.41) is 4.23. The molecular formula is C16H19F3N2OS. The average Bonchev–Trinajstić information content (AvgIpc) is 2.77. The number of aryl methyl sites for hydroxylation is 1. The molecule has 1 aromatic heterocycles. The molecule has 3 rings (SSSR count). The number of benzene rings is 1. The van der Waals surface area contributed by atoms with E-state index in [-0.39, 0.29) is 6.04 Å². The zero-order valence-corrected chi connectivity index (χ0v) is 13.6. The van der Waals surface area contributed by atoms with Crippen molar-refractivity contribution < 1.29 is 17.4 Å². The van der Waals surface area contributed by atoms with Gasteiger partial charge in [-0.3, -0.25) is 4.21 Å². The highest BCUT2D eigenvalue weighted by Crippen LogP contribution is 2.31. The van der Waals surface area contributed by atoms with E-state index in [0.717, 1.165) is 23.9 Å². The molecule has 2 aromatic rings. The molecule has 7 heteroatoms. The predicted molar refractivity (Wildman–Crippen MR) is 87.3 cm³/mol. The van der Waals surface area contributed by atoms with Crippen LogP contribution < -0.4 is 5.32 Å². The molecule has 1 fully saturated rings. The van der Waals surface area contributed by atoms with Crippen molar-refractivity contribution in [2.75, 3.05) is 16.8 Å². The number of hydrogen-bond donors (Lipinski definition) is 1. The summed E-state index contributed by atoms with van der Waals surface area (Å²) in [7, 11) is -0.726. The summed E-state index contributed by atoms with van der Waals surface area (Å²) in [5.74, 6) is 1.36. The van der Waals surface area contributed by atoms with Crippen molar-refractivity contribution in [1.82, 2.24) is 4.57 Å². The van der Waals surface area contributed by atoms with Crippen LogP contribution in [0.4, 0.5) is 18.9 Å². The molecule has 1 N–H and O–H groups in total. The summed E-state index contributed by atoms with van der Waals surface area (Å²) in [5.41, 5.74) is 2.03. The van der Waals surface area contributed by atoms with Gasteiger partial charge in [-0.2, -0.15) is 13.2 Å². The normalized spacial score (nSPS) is 22.4. The van der Waals surface area contributed by atoms with Crippen molar-refractivity contribution in [3.05, 3.63) is 30.0 Å². The molecule has 0 atom stereocenters. The third kappa shape index (κ3) is 3.71. The van der Waals surface area contributed by atoms with E-state index in [0.29, 0.717) is 22.7 Å². The molecule has 23 heavy (non-hydrogen) atoms. The second-order valence-corrected chi connectivity index (χ2v) is 7.69. The fourth-order valence-corrected chi connectivity index (χ4v) is 4.39. The van der Waals surface area contributed by atoms with Gasteiger partial charge in [-0.1, -0.05) is 6.07 Å². The smallest absolute Gasteiger partial charge is 0.382 e. The minimum absolute atomic E-state index is 0.226. The number of nitrogens with one attached hydrogen (secondary N) is 1.